The minimum absolute atomic E-state index is 0.118. The molecular formula is C24H30N8O2Si. The van der Waals surface area contributed by atoms with Crippen LogP contribution in [0, 0.1) is 0 Å². The number of carbonyl (C=O) groups is 1. The van der Waals surface area contributed by atoms with E-state index in [4.69, 9.17) is 15.6 Å². The van der Waals surface area contributed by atoms with E-state index in [1.54, 1.807) is 49.5 Å². The van der Waals surface area contributed by atoms with Gasteiger partial charge in [-0.3, -0.25) is 9.78 Å². The summed E-state index contributed by atoms with van der Waals surface area (Å²) in [5, 5.41) is 5.55. The lowest BCUT2D eigenvalue weighted by Crippen LogP contribution is -2.22. The van der Waals surface area contributed by atoms with Crippen molar-refractivity contribution >= 4 is 30.8 Å². The van der Waals surface area contributed by atoms with Crippen molar-refractivity contribution in [1.29, 1.82) is 0 Å². The van der Waals surface area contributed by atoms with Gasteiger partial charge < -0.3 is 15.4 Å². The molecule has 4 aromatic rings. The molecule has 0 aliphatic rings. The summed E-state index contributed by atoms with van der Waals surface area (Å²) in [6, 6.07) is 6.46. The van der Waals surface area contributed by atoms with Gasteiger partial charge in [-0.25, -0.2) is 19.6 Å². The molecule has 0 saturated heterocycles. The maximum Gasteiger partial charge on any atom is 0.254 e. The van der Waals surface area contributed by atoms with E-state index in [-0.39, 0.29) is 5.91 Å². The van der Waals surface area contributed by atoms with Crippen molar-refractivity contribution in [2.75, 3.05) is 26.4 Å². The third-order valence-corrected chi connectivity index (χ3v) is 7.21. The van der Waals surface area contributed by atoms with Crippen LogP contribution < -0.4 is 5.73 Å². The van der Waals surface area contributed by atoms with Crippen LogP contribution in [-0.2, 0) is 11.5 Å². The number of carbonyl (C=O) groups excluding carboxylic acids is 1. The Morgan fingerprint density at radius 1 is 1.11 bits per heavy atom. The number of nitrogen functional groups attached to an aromatic ring is 1. The second-order valence-corrected chi connectivity index (χ2v) is 15.4. The van der Waals surface area contributed by atoms with Crippen molar-refractivity contribution in [3.63, 3.8) is 0 Å². The molecule has 0 atom stereocenters. The fourth-order valence-corrected chi connectivity index (χ4v) is 4.26. The monoisotopic (exact) mass is 490 g/mol. The summed E-state index contributed by atoms with van der Waals surface area (Å²) < 4.78 is 7.65. The number of amides is 1. The van der Waals surface area contributed by atoms with E-state index in [9.17, 15) is 4.79 Å². The van der Waals surface area contributed by atoms with E-state index < -0.39 is 8.07 Å². The summed E-state index contributed by atoms with van der Waals surface area (Å²) in [5.41, 5.74) is 10.1. The molecule has 0 bridgehead atoms. The predicted molar refractivity (Wildman–Crippen MR) is 138 cm³/mol. The summed E-state index contributed by atoms with van der Waals surface area (Å²) in [6.07, 6.45) is 6.45. The first kappa shape index (κ1) is 24.4. The average Bonchev–Trinajstić information content (AvgIpc) is 3.20. The molecule has 0 aliphatic carbocycles. The van der Waals surface area contributed by atoms with E-state index >= 15 is 0 Å². The molecule has 4 aromatic heterocycles. The first-order chi connectivity index (χ1) is 16.6. The third kappa shape index (κ3) is 5.52. The number of aromatic nitrogens is 6. The van der Waals surface area contributed by atoms with Crippen LogP contribution in [0.5, 0.6) is 0 Å². The number of rotatable bonds is 8. The summed E-state index contributed by atoms with van der Waals surface area (Å²) in [7, 11) is 2.22. The highest BCUT2D eigenvalue weighted by Crippen LogP contribution is 2.31. The highest BCUT2D eigenvalue weighted by atomic mass is 28.3. The summed E-state index contributed by atoms with van der Waals surface area (Å²) in [5.74, 6) is 0.218. The number of hydrogen-bond donors (Lipinski definition) is 1. The number of fused-ring (bicyclic) bond motifs is 1. The highest BCUT2D eigenvalue weighted by molar-refractivity contribution is 6.76. The van der Waals surface area contributed by atoms with Crippen molar-refractivity contribution in [2.24, 2.45) is 0 Å². The number of hydrogen-bond acceptors (Lipinski definition) is 8. The van der Waals surface area contributed by atoms with Gasteiger partial charge >= 0.3 is 0 Å². The number of nitrogens with zero attached hydrogens (tertiary/aromatic N) is 7. The second-order valence-electron chi connectivity index (χ2n) is 9.74. The Morgan fingerprint density at radius 2 is 1.91 bits per heavy atom. The fraction of sp³-hybridized carbons (Fsp3) is 0.333. The molecule has 1 amide bonds. The second kappa shape index (κ2) is 9.88. The van der Waals surface area contributed by atoms with Crippen LogP contribution in [0.25, 0.3) is 33.5 Å². The van der Waals surface area contributed by atoms with Gasteiger partial charge in [0.25, 0.3) is 5.91 Å². The van der Waals surface area contributed by atoms with Crippen LogP contribution in [0.15, 0.2) is 43.1 Å². The number of ether oxygens (including phenoxy) is 1. The smallest absolute Gasteiger partial charge is 0.254 e. The molecule has 11 heteroatoms. The summed E-state index contributed by atoms with van der Waals surface area (Å²) >= 11 is 0. The Bertz CT molecular complexity index is 1350. The molecular weight excluding hydrogens is 460 g/mol. The van der Waals surface area contributed by atoms with E-state index in [1.807, 2.05) is 6.07 Å². The Morgan fingerprint density at radius 3 is 2.60 bits per heavy atom. The molecule has 0 fully saturated rings. The lowest BCUT2D eigenvalue weighted by molar-refractivity contribution is 0.0814. The quantitative estimate of drug-likeness (QED) is 0.294. The van der Waals surface area contributed by atoms with Gasteiger partial charge in [0.1, 0.15) is 24.6 Å². The number of pyridine rings is 2. The van der Waals surface area contributed by atoms with Crippen LogP contribution >= 0.6 is 0 Å². The van der Waals surface area contributed by atoms with Crippen LogP contribution in [0.3, 0.4) is 0 Å². The highest BCUT2D eigenvalue weighted by Gasteiger charge is 2.18. The molecule has 35 heavy (non-hydrogen) atoms. The zero-order valence-corrected chi connectivity index (χ0v) is 21.7. The molecule has 0 radical (unpaired) electrons. The van der Waals surface area contributed by atoms with Crippen molar-refractivity contribution in [1.82, 2.24) is 34.6 Å². The fourth-order valence-electron chi connectivity index (χ4n) is 3.50. The molecule has 10 nitrogen and oxygen atoms in total. The van der Waals surface area contributed by atoms with E-state index in [2.05, 4.69) is 39.6 Å². The van der Waals surface area contributed by atoms with Gasteiger partial charge in [0, 0.05) is 58.5 Å². The van der Waals surface area contributed by atoms with Crippen LogP contribution in [0.4, 0.5) is 5.82 Å². The zero-order valence-electron chi connectivity index (χ0n) is 20.7. The Kier molecular flexibility index (Phi) is 6.90. The Balaban J connectivity index is 1.66. The number of nitrogens with two attached hydrogens (primary N) is 1. The predicted octanol–water partition coefficient (Wildman–Crippen LogP) is 3.55. The molecule has 0 spiro atoms. The van der Waals surface area contributed by atoms with Gasteiger partial charge in [-0.15, -0.1) is 0 Å². The van der Waals surface area contributed by atoms with Gasteiger partial charge in [-0.1, -0.05) is 19.6 Å². The minimum atomic E-state index is -1.18. The number of anilines is 1. The Hall–Kier alpha value is -3.70. The Labute approximate surface area is 205 Å². The SMILES string of the molecule is CN(C)C(=O)c1ccc(-c2cc(-c3nn(COCC[Si](C)(C)C)c4ncncc34)cnc2N)nc1. The maximum atomic E-state index is 12.2. The first-order valence-electron chi connectivity index (χ1n) is 11.3. The average molecular weight is 491 g/mol. The van der Waals surface area contributed by atoms with Gasteiger partial charge in [0.2, 0.25) is 0 Å². The van der Waals surface area contributed by atoms with Crippen molar-refractivity contribution in [2.45, 2.75) is 32.4 Å². The van der Waals surface area contributed by atoms with Gasteiger partial charge in [-0.2, -0.15) is 5.10 Å². The molecule has 0 aliphatic heterocycles. The minimum Gasteiger partial charge on any atom is -0.383 e. The van der Waals surface area contributed by atoms with Gasteiger partial charge in [0.05, 0.1) is 16.6 Å². The lowest BCUT2D eigenvalue weighted by atomic mass is 10.1. The zero-order chi connectivity index (χ0) is 25.2. The summed E-state index contributed by atoms with van der Waals surface area (Å²) in [4.78, 5) is 31.1. The van der Waals surface area contributed by atoms with Gasteiger partial charge in [-0.05, 0) is 24.2 Å². The molecule has 0 aromatic carbocycles. The first-order valence-corrected chi connectivity index (χ1v) is 15.0. The molecule has 4 rings (SSSR count). The molecule has 2 N–H and O–H groups in total. The van der Waals surface area contributed by atoms with Crippen molar-refractivity contribution < 1.29 is 9.53 Å². The van der Waals surface area contributed by atoms with Gasteiger partial charge in [0.15, 0.2) is 5.65 Å². The van der Waals surface area contributed by atoms with Crippen molar-refractivity contribution in [3.8, 4) is 22.5 Å². The third-order valence-electron chi connectivity index (χ3n) is 5.51. The maximum absolute atomic E-state index is 12.2. The van der Waals surface area contributed by atoms with E-state index in [0.29, 0.717) is 47.3 Å². The van der Waals surface area contributed by atoms with E-state index in [0.717, 1.165) is 17.0 Å². The largest absolute Gasteiger partial charge is 0.383 e. The molecule has 182 valence electrons. The lowest BCUT2D eigenvalue weighted by Gasteiger charge is -2.15. The molecule has 0 unspecified atom stereocenters. The van der Waals surface area contributed by atoms with Crippen LogP contribution in [-0.4, -0.2) is 69.3 Å². The standard InChI is InChI=1S/C24H30N8O2Si/c1-31(2)24(33)16-6-7-20(27-11-16)18-10-17(12-28-22(18)25)21-19-13-26-14-29-23(19)32(30-21)15-34-8-9-35(3,4)5/h6-7,10-14H,8-9,15H2,1-5H3,(H2,25,28). The van der Waals surface area contributed by atoms with Crippen LogP contribution in [0.2, 0.25) is 25.7 Å². The normalized spacial score (nSPS) is 11.7. The topological polar surface area (TPSA) is 125 Å². The van der Waals surface area contributed by atoms with Crippen molar-refractivity contribution in [3.05, 3.63) is 48.7 Å². The molecule has 4 heterocycles. The summed E-state index contributed by atoms with van der Waals surface area (Å²) in [6.45, 7) is 7.94. The van der Waals surface area contributed by atoms with E-state index in [1.165, 1.54) is 11.2 Å². The molecule has 0 saturated carbocycles. The van der Waals surface area contributed by atoms with Crippen LogP contribution in [0.1, 0.15) is 10.4 Å².